The molecule has 5 heteroatoms. The fraction of sp³-hybridized carbons (Fsp3) is 0.895. The third-order valence-electron chi connectivity index (χ3n) is 6.85. The number of likely N-dealkylation sites (tertiary alicyclic amines) is 1. The van der Waals surface area contributed by atoms with Crippen molar-refractivity contribution in [3.8, 4) is 0 Å². The molecule has 2 saturated heterocycles. The maximum atomic E-state index is 12.6. The van der Waals surface area contributed by atoms with Crippen LogP contribution in [0.1, 0.15) is 51.4 Å². The highest BCUT2D eigenvalue weighted by molar-refractivity contribution is 5.78. The van der Waals surface area contributed by atoms with E-state index in [9.17, 15) is 9.59 Å². The van der Waals surface area contributed by atoms with Crippen LogP contribution in [0.4, 0.5) is 4.79 Å². The number of amides is 3. The van der Waals surface area contributed by atoms with Gasteiger partial charge in [0.15, 0.2) is 0 Å². The van der Waals surface area contributed by atoms with Gasteiger partial charge < -0.3 is 14.7 Å². The number of hydrogen-bond acceptors (Lipinski definition) is 2. The fourth-order valence-electron chi connectivity index (χ4n) is 5.41. The van der Waals surface area contributed by atoms with E-state index in [-0.39, 0.29) is 6.03 Å². The molecule has 4 fully saturated rings. The molecule has 2 saturated carbocycles. The second kappa shape index (κ2) is 6.93. The van der Waals surface area contributed by atoms with Gasteiger partial charge in [-0.15, -0.1) is 0 Å². The van der Waals surface area contributed by atoms with Crippen molar-refractivity contribution < 1.29 is 9.59 Å². The fourth-order valence-corrected chi connectivity index (χ4v) is 5.41. The molecule has 2 aliphatic heterocycles. The Balaban J connectivity index is 1.23. The molecule has 2 heterocycles. The lowest BCUT2D eigenvalue weighted by Gasteiger charge is -2.39. The first-order chi connectivity index (χ1) is 11.7. The molecule has 2 bridgehead atoms. The van der Waals surface area contributed by atoms with E-state index in [0.29, 0.717) is 24.9 Å². The minimum atomic E-state index is 0.190. The Kier molecular flexibility index (Phi) is 4.68. The number of piperazine rings is 1. The quantitative estimate of drug-likeness (QED) is 0.779. The van der Waals surface area contributed by atoms with E-state index < -0.39 is 0 Å². The highest BCUT2D eigenvalue weighted by atomic mass is 16.2. The van der Waals surface area contributed by atoms with E-state index in [0.717, 1.165) is 57.3 Å². The van der Waals surface area contributed by atoms with Gasteiger partial charge in [0.25, 0.3) is 0 Å². The predicted molar refractivity (Wildman–Crippen MR) is 92.5 cm³/mol. The minimum Gasteiger partial charge on any atom is -0.339 e. The topological polar surface area (TPSA) is 43.9 Å². The van der Waals surface area contributed by atoms with Crippen LogP contribution in [-0.2, 0) is 4.79 Å². The monoisotopic (exact) mass is 333 g/mol. The molecule has 0 radical (unpaired) electrons. The van der Waals surface area contributed by atoms with Crippen molar-refractivity contribution in [3.63, 3.8) is 0 Å². The lowest BCUT2D eigenvalue weighted by atomic mass is 9.86. The van der Waals surface area contributed by atoms with Crippen LogP contribution in [0, 0.1) is 17.8 Å². The number of piperidine rings is 1. The Labute approximate surface area is 145 Å². The van der Waals surface area contributed by atoms with Gasteiger partial charge in [-0.25, -0.2) is 4.79 Å². The Morgan fingerprint density at radius 3 is 2.04 bits per heavy atom. The second-order valence-corrected chi connectivity index (χ2v) is 8.34. The van der Waals surface area contributed by atoms with Crippen LogP contribution in [0.2, 0.25) is 0 Å². The molecule has 0 aromatic carbocycles. The molecule has 0 aromatic heterocycles. The van der Waals surface area contributed by atoms with E-state index in [2.05, 4.69) is 0 Å². The SMILES string of the molecule is O=C(C[C@H]1C[C@H]2CC[C@H]1C2)N1CCN(C(=O)N2CCCCC2)CC1. The maximum absolute atomic E-state index is 12.6. The molecule has 0 unspecified atom stereocenters. The first-order valence-corrected chi connectivity index (χ1v) is 10.0. The van der Waals surface area contributed by atoms with Gasteiger partial charge in [-0.1, -0.05) is 6.42 Å². The third-order valence-corrected chi connectivity index (χ3v) is 6.85. The molecule has 134 valence electrons. The van der Waals surface area contributed by atoms with Crippen molar-refractivity contribution in [2.75, 3.05) is 39.3 Å². The minimum absolute atomic E-state index is 0.190. The van der Waals surface area contributed by atoms with Gasteiger partial charge >= 0.3 is 6.03 Å². The van der Waals surface area contributed by atoms with E-state index in [1.807, 2.05) is 14.7 Å². The number of carbonyl (C=O) groups excluding carboxylic acids is 2. The molecule has 0 N–H and O–H groups in total. The van der Waals surface area contributed by atoms with Gasteiger partial charge in [-0.2, -0.15) is 0 Å². The molecule has 4 aliphatic rings. The summed E-state index contributed by atoms with van der Waals surface area (Å²) >= 11 is 0. The zero-order valence-corrected chi connectivity index (χ0v) is 14.8. The Bertz CT molecular complexity index is 481. The molecule has 24 heavy (non-hydrogen) atoms. The Morgan fingerprint density at radius 1 is 0.750 bits per heavy atom. The summed E-state index contributed by atoms with van der Waals surface area (Å²) in [5.41, 5.74) is 0. The molecule has 0 spiro atoms. The summed E-state index contributed by atoms with van der Waals surface area (Å²) in [6.07, 6.45) is 9.66. The van der Waals surface area contributed by atoms with E-state index in [1.54, 1.807) is 0 Å². The lowest BCUT2D eigenvalue weighted by molar-refractivity contribution is -0.134. The van der Waals surface area contributed by atoms with E-state index in [4.69, 9.17) is 0 Å². The molecule has 0 aromatic rings. The highest BCUT2D eigenvalue weighted by Gasteiger charge is 2.41. The first-order valence-electron chi connectivity index (χ1n) is 10.0. The molecule has 5 nitrogen and oxygen atoms in total. The van der Waals surface area contributed by atoms with E-state index in [1.165, 1.54) is 32.1 Å². The second-order valence-electron chi connectivity index (χ2n) is 8.34. The number of nitrogens with zero attached hydrogens (tertiary/aromatic N) is 3. The van der Waals surface area contributed by atoms with Crippen LogP contribution in [-0.4, -0.2) is 65.9 Å². The van der Waals surface area contributed by atoms with Crippen LogP contribution in [0.15, 0.2) is 0 Å². The van der Waals surface area contributed by atoms with Gasteiger partial charge in [-0.3, -0.25) is 4.79 Å². The van der Waals surface area contributed by atoms with Crippen molar-refractivity contribution in [1.82, 2.24) is 14.7 Å². The average molecular weight is 333 g/mol. The number of rotatable bonds is 2. The van der Waals surface area contributed by atoms with Crippen molar-refractivity contribution in [2.24, 2.45) is 17.8 Å². The average Bonchev–Trinajstić information content (AvgIpc) is 3.25. The van der Waals surface area contributed by atoms with E-state index >= 15 is 0 Å². The van der Waals surface area contributed by atoms with Crippen LogP contribution in [0.5, 0.6) is 0 Å². The summed E-state index contributed by atoms with van der Waals surface area (Å²) in [7, 11) is 0. The summed E-state index contributed by atoms with van der Waals surface area (Å²) in [5.74, 6) is 2.70. The van der Waals surface area contributed by atoms with Gasteiger partial charge in [-0.05, 0) is 56.3 Å². The van der Waals surface area contributed by atoms with Crippen molar-refractivity contribution in [3.05, 3.63) is 0 Å². The molecule has 3 amide bonds. The van der Waals surface area contributed by atoms with Crippen molar-refractivity contribution in [2.45, 2.75) is 51.4 Å². The largest absolute Gasteiger partial charge is 0.339 e. The lowest BCUT2D eigenvalue weighted by Crippen LogP contribution is -2.54. The summed E-state index contributed by atoms with van der Waals surface area (Å²) < 4.78 is 0. The van der Waals surface area contributed by atoms with Crippen molar-refractivity contribution in [1.29, 1.82) is 0 Å². The number of carbonyl (C=O) groups is 2. The van der Waals surface area contributed by atoms with Crippen LogP contribution >= 0.6 is 0 Å². The van der Waals surface area contributed by atoms with Crippen LogP contribution in [0.3, 0.4) is 0 Å². The Morgan fingerprint density at radius 2 is 1.42 bits per heavy atom. The highest BCUT2D eigenvalue weighted by Crippen LogP contribution is 2.49. The number of hydrogen-bond donors (Lipinski definition) is 0. The summed E-state index contributed by atoms with van der Waals surface area (Å²) in [6, 6.07) is 0.190. The summed E-state index contributed by atoms with van der Waals surface area (Å²) in [5, 5.41) is 0. The molecular formula is C19H31N3O2. The molecular weight excluding hydrogens is 302 g/mol. The van der Waals surface area contributed by atoms with Gasteiger partial charge in [0.2, 0.25) is 5.91 Å². The van der Waals surface area contributed by atoms with Gasteiger partial charge in [0.05, 0.1) is 0 Å². The standard InChI is InChI=1S/C19H31N3O2/c23-18(14-17-13-15-4-5-16(17)12-15)20-8-10-22(11-9-20)19(24)21-6-2-1-3-7-21/h15-17H,1-14H2/t15-,16-,17+/m0/s1. The third kappa shape index (κ3) is 3.27. The maximum Gasteiger partial charge on any atom is 0.320 e. The normalized spacial score (nSPS) is 33.2. The van der Waals surface area contributed by atoms with Gasteiger partial charge in [0.1, 0.15) is 0 Å². The summed E-state index contributed by atoms with van der Waals surface area (Å²) in [6.45, 7) is 4.67. The number of fused-ring (bicyclic) bond motifs is 2. The summed E-state index contributed by atoms with van der Waals surface area (Å²) in [4.78, 5) is 31.1. The van der Waals surface area contributed by atoms with Crippen LogP contribution < -0.4 is 0 Å². The molecule has 3 atom stereocenters. The predicted octanol–water partition coefficient (Wildman–Crippen LogP) is 2.56. The first kappa shape index (κ1) is 16.2. The van der Waals surface area contributed by atoms with Crippen molar-refractivity contribution >= 4 is 11.9 Å². The zero-order valence-electron chi connectivity index (χ0n) is 14.8. The Hall–Kier alpha value is -1.26. The van der Waals surface area contributed by atoms with Gasteiger partial charge in [0, 0.05) is 45.7 Å². The zero-order chi connectivity index (χ0) is 16.5. The number of urea groups is 1. The van der Waals surface area contributed by atoms with Crippen LogP contribution in [0.25, 0.3) is 0 Å². The molecule has 2 aliphatic carbocycles. The smallest absolute Gasteiger partial charge is 0.320 e. The molecule has 4 rings (SSSR count).